The van der Waals surface area contributed by atoms with E-state index in [1.807, 2.05) is 12.3 Å². The lowest BCUT2D eigenvalue weighted by Gasteiger charge is -2.16. The Bertz CT molecular complexity index is 1000. The standard InChI is InChI=1S/C19H15FN4O/c20-18-2-1-14(3-6-22-18)17-9-15(13-4-7-25-8-5-13)12-24-19(17)16(10-21)11-23-24/h1-2,4,6,9,11-12H,3,5,7-8H2. The van der Waals surface area contributed by atoms with Crippen LogP contribution in [0.25, 0.3) is 16.7 Å². The van der Waals surface area contributed by atoms with Gasteiger partial charge in [-0.15, -0.1) is 0 Å². The molecule has 0 bridgehead atoms. The zero-order valence-corrected chi connectivity index (χ0v) is 13.4. The minimum atomic E-state index is -0.525. The second kappa shape index (κ2) is 6.46. The Morgan fingerprint density at radius 3 is 3.00 bits per heavy atom. The maximum absolute atomic E-state index is 13.4. The number of hydrogen-bond acceptors (Lipinski definition) is 4. The molecule has 2 aliphatic rings. The summed E-state index contributed by atoms with van der Waals surface area (Å²) in [4.78, 5) is 3.72. The number of ether oxygens (including phenoxy) is 1. The lowest BCUT2D eigenvalue weighted by molar-refractivity contribution is 0.161. The van der Waals surface area contributed by atoms with Gasteiger partial charge < -0.3 is 4.74 Å². The zero-order valence-electron chi connectivity index (χ0n) is 13.4. The first kappa shape index (κ1) is 15.5. The topological polar surface area (TPSA) is 62.7 Å². The van der Waals surface area contributed by atoms with Crippen LogP contribution in [0.1, 0.15) is 29.5 Å². The van der Waals surface area contributed by atoms with Gasteiger partial charge in [-0.05, 0) is 35.3 Å². The molecule has 0 atom stereocenters. The first-order valence-corrected chi connectivity index (χ1v) is 8.04. The molecule has 0 aromatic carbocycles. The van der Waals surface area contributed by atoms with Crippen molar-refractivity contribution in [1.82, 2.24) is 9.61 Å². The molecule has 25 heavy (non-hydrogen) atoms. The highest BCUT2D eigenvalue weighted by Gasteiger charge is 2.17. The van der Waals surface area contributed by atoms with Crippen LogP contribution in [0, 0.1) is 11.3 Å². The number of fused-ring (bicyclic) bond motifs is 1. The average Bonchev–Trinajstić information content (AvgIpc) is 2.95. The van der Waals surface area contributed by atoms with E-state index in [9.17, 15) is 9.65 Å². The zero-order chi connectivity index (χ0) is 17.2. The summed E-state index contributed by atoms with van der Waals surface area (Å²) in [6.45, 7) is 1.28. The van der Waals surface area contributed by atoms with E-state index >= 15 is 0 Å². The molecule has 6 heteroatoms. The fourth-order valence-electron chi connectivity index (χ4n) is 3.12. The summed E-state index contributed by atoms with van der Waals surface area (Å²) in [5.41, 5.74) is 5.21. The second-order valence-corrected chi connectivity index (χ2v) is 5.86. The van der Waals surface area contributed by atoms with E-state index in [0.717, 1.165) is 28.6 Å². The highest BCUT2D eigenvalue weighted by molar-refractivity contribution is 5.90. The van der Waals surface area contributed by atoms with Crippen LogP contribution in [0.2, 0.25) is 0 Å². The monoisotopic (exact) mass is 334 g/mol. The van der Waals surface area contributed by atoms with Gasteiger partial charge in [-0.25, -0.2) is 9.51 Å². The summed E-state index contributed by atoms with van der Waals surface area (Å²) in [5.74, 6) is -0.525. The summed E-state index contributed by atoms with van der Waals surface area (Å²) in [6.07, 6.45) is 11.5. The number of pyridine rings is 1. The lowest BCUT2D eigenvalue weighted by Crippen LogP contribution is -2.05. The van der Waals surface area contributed by atoms with E-state index < -0.39 is 5.95 Å². The summed E-state index contributed by atoms with van der Waals surface area (Å²) in [6, 6.07) is 4.23. The Balaban J connectivity index is 1.94. The van der Waals surface area contributed by atoms with E-state index in [1.54, 1.807) is 23.0 Å². The molecule has 2 aromatic rings. The predicted octanol–water partition coefficient (Wildman–Crippen LogP) is 3.68. The lowest BCUT2D eigenvalue weighted by atomic mass is 9.95. The van der Waals surface area contributed by atoms with Crippen LogP contribution in [-0.2, 0) is 4.74 Å². The molecule has 2 aromatic heterocycles. The minimum absolute atomic E-state index is 0.487. The van der Waals surface area contributed by atoms with Crippen LogP contribution < -0.4 is 0 Å². The fourth-order valence-corrected chi connectivity index (χ4v) is 3.12. The van der Waals surface area contributed by atoms with Crippen LogP contribution in [0.4, 0.5) is 4.39 Å². The molecule has 4 rings (SSSR count). The van der Waals surface area contributed by atoms with Crippen LogP contribution in [-0.4, -0.2) is 29.0 Å². The van der Waals surface area contributed by atoms with Gasteiger partial charge in [-0.3, -0.25) is 0 Å². The molecular weight excluding hydrogens is 319 g/mol. The second-order valence-electron chi connectivity index (χ2n) is 5.86. The molecule has 0 amide bonds. The van der Waals surface area contributed by atoms with Gasteiger partial charge in [0.15, 0.2) is 0 Å². The van der Waals surface area contributed by atoms with Crippen LogP contribution in [0.3, 0.4) is 0 Å². The summed E-state index contributed by atoms with van der Waals surface area (Å²) in [5, 5.41) is 13.7. The number of aliphatic imine (C=N–C) groups is 1. The number of hydrogen-bond donors (Lipinski definition) is 0. The molecule has 0 fully saturated rings. The van der Waals surface area contributed by atoms with Gasteiger partial charge in [0.05, 0.1) is 30.5 Å². The van der Waals surface area contributed by atoms with Crippen molar-refractivity contribution in [2.75, 3.05) is 13.2 Å². The third-order valence-corrected chi connectivity index (χ3v) is 4.36. The van der Waals surface area contributed by atoms with Crippen molar-refractivity contribution in [3.05, 3.63) is 59.3 Å². The number of allylic oxidation sites excluding steroid dienone is 3. The highest BCUT2D eigenvalue weighted by Crippen LogP contribution is 2.31. The average molecular weight is 334 g/mol. The first-order valence-electron chi connectivity index (χ1n) is 8.04. The Hall–Kier alpha value is -3.04. The van der Waals surface area contributed by atoms with Crippen molar-refractivity contribution >= 4 is 22.9 Å². The Morgan fingerprint density at radius 2 is 2.20 bits per heavy atom. The van der Waals surface area contributed by atoms with Crippen LogP contribution in [0.15, 0.2) is 47.6 Å². The van der Waals surface area contributed by atoms with Crippen molar-refractivity contribution in [3.63, 3.8) is 0 Å². The molecule has 2 aliphatic heterocycles. The van der Waals surface area contributed by atoms with Crippen molar-refractivity contribution < 1.29 is 9.13 Å². The van der Waals surface area contributed by atoms with Gasteiger partial charge in [0.25, 0.3) is 0 Å². The van der Waals surface area contributed by atoms with Crippen molar-refractivity contribution in [2.24, 2.45) is 4.99 Å². The summed E-state index contributed by atoms with van der Waals surface area (Å²) < 4.78 is 20.5. The maximum atomic E-state index is 13.4. The van der Waals surface area contributed by atoms with E-state index in [4.69, 9.17) is 4.74 Å². The SMILES string of the molecule is N#Cc1cnn2cc(C3=CCOCC3)cc(C3=CC=C(F)N=CC3)c12. The van der Waals surface area contributed by atoms with Gasteiger partial charge >= 0.3 is 0 Å². The first-order chi connectivity index (χ1) is 12.3. The van der Waals surface area contributed by atoms with Crippen LogP contribution in [0.5, 0.6) is 0 Å². The third kappa shape index (κ3) is 2.90. The molecular formula is C19H15FN4O. The van der Waals surface area contributed by atoms with Gasteiger partial charge in [0.1, 0.15) is 6.07 Å². The van der Waals surface area contributed by atoms with E-state index in [-0.39, 0.29) is 0 Å². The van der Waals surface area contributed by atoms with E-state index in [1.165, 1.54) is 11.6 Å². The number of halogens is 1. The van der Waals surface area contributed by atoms with E-state index in [2.05, 4.69) is 22.2 Å². The van der Waals surface area contributed by atoms with Gasteiger partial charge in [-0.1, -0.05) is 12.2 Å². The highest BCUT2D eigenvalue weighted by atomic mass is 19.1. The van der Waals surface area contributed by atoms with Gasteiger partial charge in [0.2, 0.25) is 5.95 Å². The Labute approximate surface area is 144 Å². The molecule has 0 N–H and O–H groups in total. The fraction of sp³-hybridized carbons (Fsp3) is 0.211. The number of rotatable bonds is 2. The van der Waals surface area contributed by atoms with Gasteiger partial charge in [0, 0.05) is 24.4 Å². The molecule has 0 saturated heterocycles. The van der Waals surface area contributed by atoms with E-state index in [0.29, 0.717) is 25.2 Å². The number of aromatic nitrogens is 2. The maximum Gasteiger partial charge on any atom is 0.212 e. The van der Waals surface area contributed by atoms with Crippen molar-refractivity contribution in [3.8, 4) is 6.07 Å². The normalized spacial score (nSPS) is 17.5. The molecule has 0 spiro atoms. The summed E-state index contributed by atoms with van der Waals surface area (Å²) in [7, 11) is 0. The third-order valence-electron chi connectivity index (χ3n) is 4.36. The Morgan fingerprint density at radius 1 is 1.28 bits per heavy atom. The molecule has 124 valence electrons. The smallest absolute Gasteiger partial charge is 0.212 e. The van der Waals surface area contributed by atoms with Crippen molar-refractivity contribution in [1.29, 1.82) is 5.26 Å². The predicted molar refractivity (Wildman–Crippen MR) is 93.6 cm³/mol. The molecule has 0 saturated carbocycles. The quantitative estimate of drug-likeness (QED) is 0.787. The molecule has 0 aliphatic carbocycles. The largest absolute Gasteiger partial charge is 0.377 e. The Kier molecular flexibility index (Phi) is 4.00. The number of nitrogens with zero attached hydrogens (tertiary/aromatic N) is 4. The minimum Gasteiger partial charge on any atom is -0.377 e. The summed E-state index contributed by atoms with van der Waals surface area (Å²) >= 11 is 0. The molecule has 4 heterocycles. The number of nitriles is 1. The molecule has 5 nitrogen and oxygen atoms in total. The van der Waals surface area contributed by atoms with Gasteiger partial charge in [-0.2, -0.15) is 14.8 Å². The van der Waals surface area contributed by atoms with Crippen molar-refractivity contribution in [2.45, 2.75) is 12.8 Å². The molecule has 0 unspecified atom stereocenters. The van der Waals surface area contributed by atoms with Crippen LogP contribution >= 0.6 is 0 Å². The molecule has 0 radical (unpaired) electrons.